The van der Waals surface area contributed by atoms with Gasteiger partial charge in [0, 0.05) is 11.5 Å². The molecule has 0 saturated heterocycles. The van der Waals surface area contributed by atoms with E-state index in [0.29, 0.717) is 5.56 Å². The van der Waals surface area contributed by atoms with Crippen molar-refractivity contribution < 1.29 is 10.2 Å². The second-order valence-electron chi connectivity index (χ2n) is 5.24. The third-order valence-electron chi connectivity index (χ3n) is 3.77. The van der Waals surface area contributed by atoms with Crippen LogP contribution in [0.2, 0.25) is 0 Å². The fourth-order valence-corrected chi connectivity index (χ4v) is 2.79. The van der Waals surface area contributed by atoms with Crippen molar-refractivity contribution in [2.75, 3.05) is 0 Å². The molecule has 2 heteroatoms. The van der Waals surface area contributed by atoms with Crippen LogP contribution in [0.25, 0.3) is 0 Å². The molecular weight excluding hydrogens is 224 g/mol. The number of phenolic OH excluding ortho intramolecular Hbond substituents is 2. The van der Waals surface area contributed by atoms with Gasteiger partial charge in [0.25, 0.3) is 0 Å². The van der Waals surface area contributed by atoms with Crippen LogP contribution in [0.3, 0.4) is 0 Å². The Morgan fingerprint density at radius 2 is 1.89 bits per heavy atom. The molecule has 1 aliphatic carbocycles. The molecular formula is C16H20O2. The molecule has 0 fully saturated rings. The smallest absolute Gasteiger partial charge is 0.123 e. The summed E-state index contributed by atoms with van der Waals surface area (Å²) in [5, 5.41) is 20.0. The molecule has 0 heterocycles. The summed E-state index contributed by atoms with van der Waals surface area (Å²) < 4.78 is 0. The van der Waals surface area contributed by atoms with Gasteiger partial charge in [-0.3, -0.25) is 0 Å². The molecule has 18 heavy (non-hydrogen) atoms. The molecule has 0 bridgehead atoms. The lowest BCUT2D eigenvalue weighted by Gasteiger charge is -2.31. The van der Waals surface area contributed by atoms with Gasteiger partial charge < -0.3 is 10.2 Å². The lowest BCUT2D eigenvalue weighted by Crippen LogP contribution is -2.17. The van der Waals surface area contributed by atoms with Gasteiger partial charge in [-0.05, 0) is 44.7 Å². The Balaban J connectivity index is 2.51. The Morgan fingerprint density at radius 1 is 1.28 bits per heavy atom. The summed E-state index contributed by atoms with van der Waals surface area (Å²) in [6.07, 6.45) is 4.23. The predicted molar refractivity (Wildman–Crippen MR) is 73.8 cm³/mol. The van der Waals surface area contributed by atoms with Crippen LogP contribution in [0.15, 0.2) is 42.0 Å². The number of phenols is 2. The van der Waals surface area contributed by atoms with E-state index in [1.807, 2.05) is 6.92 Å². The molecule has 2 nitrogen and oxygen atoms in total. The first-order valence-corrected chi connectivity index (χ1v) is 6.34. The Hall–Kier alpha value is -1.70. The highest BCUT2D eigenvalue weighted by atomic mass is 16.3. The molecule has 1 aromatic rings. The van der Waals surface area contributed by atoms with Crippen molar-refractivity contribution in [1.29, 1.82) is 0 Å². The largest absolute Gasteiger partial charge is 0.508 e. The first-order valence-electron chi connectivity index (χ1n) is 6.34. The van der Waals surface area contributed by atoms with Crippen molar-refractivity contribution in [3.05, 3.63) is 47.6 Å². The summed E-state index contributed by atoms with van der Waals surface area (Å²) in [7, 11) is 0. The van der Waals surface area contributed by atoms with E-state index in [4.69, 9.17) is 0 Å². The van der Waals surface area contributed by atoms with E-state index in [-0.39, 0.29) is 23.3 Å². The van der Waals surface area contributed by atoms with Crippen molar-refractivity contribution >= 4 is 0 Å². The van der Waals surface area contributed by atoms with Crippen LogP contribution in [0, 0.1) is 5.92 Å². The minimum absolute atomic E-state index is 0.0254. The lowest BCUT2D eigenvalue weighted by atomic mass is 9.74. The maximum Gasteiger partial charge on any atom is 0.123 e. The van der Waals surface area contributed by atoms with Crippen LogP contribution in [0.1, 0.15) is 38.2 Å². The van der Waals surface area contributed by atoms with Crippen LogP contribution in [-0.4, -0.2) is 10.2 Å². The summed E-state index contributed by atoms with van der Waals surface area (Å²) in [4.78, 5) is 0. The zero-order valence-corrected chi connectivity index (χ0v) is 11.0. The van der Waals surface area contributed by atoms with E-state index >= 15 is 0 Å². The second kappa shape index (κ2) is 4.89. The van der Waals surface area contributed by atoms with Crippen LogP contribution >= 0.6 is 0 Å². The molecule has 0 amide bonds. The molecule has 1 aromatic carbocycles. The fourth-order valence-electron chi connectivity index (χ4n) is 2.79. The highest BCUT2D eigenvalue weighted by molar-refractivity contribution is 5.49. The Morgan fingerprint density at radius 3 is 2.44 bits per heavy atom. The number of hydrogen-bond acceptors (Lipinski definition) is 2. The van der Waals surface area contributed by atoms with Crippen LogP contribution in [0.4, 0.5) is 0 Å². The van der Waals surface area contributed by atoms with Gasteiger partial charge in [-0.2, -0.15) is 0 Å². The predicted octanol–water partition coefficient (Wildman–Crippen LogP) is 4.11. The lowest BCUT2D eigenvalue weighted by molar-refractivity contribution is 0.407. The van der Waals surface area contributed by atoms with Gasteiger partial charge in [0.2, 0.25) is 0 Å². The third-order valence-corrected chi connectivity index (χ3v) is 3.77. The van der Waals surface area contributed by atoms with Crippen LogP contribution in [-0.2, 0) is 0 Å². The van der Waals surface area contributed by atoms with Gasteiger partial charge in [-0.15, -0.1) is 0 Å². The molecule has 2 N–H and O–H groups in total. The summed E-state index contributed by atoms with van der Waals surface area (Å²) in [5.41, 5.74) is 3.04. The summed E-state index contributed by atoms with van der Waals surface area (Å²) in [5.74, 6) is 0.639. The average Bonchev–Trinajstić information content (AvgIpc) is 2.28. The van der Waals surface area contributed by atoms with Crippen LogP contribution < -0.4 is 0 Å². The number of rotatable bonds is 2. The van der Waals surface area contributed by atoms with E-state index in [1.165, 1.54) is 5.57 Å². The molecule has 2 rings (SSSR count). The molecule has 0 spiro atoms. The van der Waals surface area contributed by atoms with E-state index in [2.05, 4.69) is 19.6 Å². The highest BCUT2D eigenvalue weighted by Crippen LogP contribution is 2.45. The molecule has 2 atom stereocenters. The van der Waals surface area contributed by atoms with Crippen molar-refractivity contribution in [2.45, 2.75) is 32.6 Å². The Kier molecular flexibility index (Phi) is 3.46. The zero-order valence-electron chi connectivity index (χ0n) is 11.0. The Bertz CT molecular complexity index is 480. The molecule has 0 saturated carbocycles. The minimum Gasteiger partial charge on any atom is -0.508 e. The van der Waals surface area contributed by atoms with E-state index in [1.54, 1.807) is 18.2 Å². The van der Waals surface area contributed by atoms with Gasteiger partial charge in [-0.1, -0.05) is 29.9 Å². The number of allylic oxidation sites excluding steroid dienone is 3. The number of aromatic hydroxyl groups is 2. The maximum atomic E-state index is 10.0. The molecule has 0 radical (unpaired) electrons. The van der Waals surface area contributed by atoms with Crippen molar-refractivity contribution in [1.82, 2.24) is 0 Å². The van der Waals surface area contributed by atoms with Gasteiger partial charge in [0.05, 0.1) is 0 Å². The van der Waals surface area contributed by atoms with Crippen LogP contribution in [0.5, 0.6) is 11.5 Å². The van der Waals surface area contributed by atoms with Gasteiger partial charge in [0.15, 0.2) is 0 Å². The van der Waals surface area contributed by atoms with Crippen molar-refractivity contribution in [3.8, 4) is 11.5 Å². The number of hydrogen-bond donors (Lipinski definition) is 2. The average molecular weight is 244 g/mol. The first-order chi connectivity index (χ1) is 8.50. The highest BCUT2D eigenvalue weighted by Gasteiger charge is 2.29. The molecule has 1 aliphatic rings. The fraction of sp³-hybridized carbons (Fsp3) is 0.375. The maximum absolute atomic E-state index is 10.0. The van der Waals surface area contributed by atoms with Gasteiger partial charge in [0.1, 0.15) is 11.5 Å². The normalized spacial score (nSPS) is 23.6. The standard InChI is InChI=1S/C16H20O2/c1-10(2)12-8-7-11(3)9-13(12)16-14(17)5-4-6-15(16)18/h4-6,9,12-13,17-18H,1,7-8H2,2-3H3/t12?,13-/m0/s1. The molecule has 0 aromatic heterocycles. The molecule has 96 valence electrons. The Labute approximate surface area is 108 Å². The zero-order chi connectivity index (χ0) is 13.3. The summed E-state index contributed by atoms with van der Waals surface area (Å²) in [6, 6.07) is 4.91. The monoisotopic (exact) mass is 244 g/mol. The van der Waals surface area contributed by atoms with E-state index in [0.717, 1.165) is 18.4 Å². The molecule has 1 unspecified atom stereocenters. The minimum atomic E-state index is 0.0254. The second-order valence-corrected chi connectivity index (χ2v) is 5.24. The van der Waals surface area contributed by atoms with Crippen molar-refractivity contribution in [2.24, 2.45) is 5.92 Å². The van der Waals surface area contributed by atoms with Crippen molar-refractivity contribution in [3.63, 3.8) is 0 Å². The quantitative estimate of drug-likeness (QED) is 0.768. The SMILES string of the molecule is C=C(C)C1CCC(C)=C[C@@H]1c1c(O)cccc1O. The summed E-state index contributed by atoms with van der Waals surface area (Å²) >= 11 is 0. The number of benzene rings is 1. The first kappa shape index (κ1) is 12.7. The van der Waals surface area contributed by atoms with E-state index in [9.17, 15) is 10.2 Å². The van der Waals surface area contributed by atoms with Gasteiger partial charge in [-0.25, -0.2) is 0 Å². The third kappa shape index (κ3) is 2.28. The topological polar surface area (TPSA) is 40.5 Å². The van der Waals surface area contributed by atoms with Gasteiger partial charge >= 0.3 is 0 Å². The van der Waals surface area contributed by atoms with E-state index < -0.39 is 0 Å². The summed E-state index contributed by atoms with van der Waals surface area (Å²) in [6.45, 7) is 8.16. The molecule has 0 aliphatic heterocycles.